The maximum Gasteiger partial charge on any atom is 0.230 e. The molecule has 0 radical (unpaired) electrons. The van der Waals surface area contributed by atoms with Crippen molar-refractivity contribution in [1.29, 1.82) is 0 Å². The van der Waals surface area contributed by atoms with E-state index in [1.807, 2.05) is 22.5 Å². The number of nitrogens with one attached hydrogen (secondary N) is 1. The van der Waals surface area contributed by atoms with Gasteiger partial charge in [-0.3, -0.25) is 14.4 Å². The van der Waals surface area contributed by atoms with E-state index in [0.29, 0.717) is 19.7 Å². The molecule has 1 aliphatic heterocycles. The van der Waals surface area contributed by atoms with Gasteiger partial charge in [-0.15, -0.1) is 0 Å². The van der Waals surface area contributed by atoms with Gasteiger partial charge in [-0.2, -0.15) is 5.10 Å². The molecule has 2 aromatic heterocycles. The van der Waals surface area contributed by atoms with Crippen LogP contribution >= 0.6 is 0 Å². The van der Waals surface area contributed by atoms with Crippen LogP contribution in [0.2, 0.25) is 0 Å². The summed E-state index contributed by atoms with van der Waals surface area (Å²) in [5.74, 6) is -0.204. The summed E-state index contributed by atoms with van der Waals surface area (Å²) >= 11 is 0. The molecule has 1 amide bonds. The summed E-state index contributed by atoms with van der Waals surface area (Å²) in [6, 6.07) is 0. The summed E-state index contributed by atoms with van der Waals surface area (Å²) in [7, 11) is 3.58. The molecule has 0 bridgehead atoms. The molecule has 1 N–H and O–H groups in total. The zero-order valence-electron chi connectivity index (χ0n) is 15.1. The molecule has 136 valence electrons. The van der Waals surface area contributed by atoms with Crippen molar-refractivity contribution < 1.29 is 9.53 Å². The molecule has 3 rings (SSSR count). The Hall–Kier alpha value is -2.19. The lowest BCUT2D eigenvalue weighted by molar-refractivity contribution is -0.123. The first kappa shape index (κ1) is 17.6. The molecule has 0 spiro atoms. The minimum atomic E-state index is -0.227. The van der Waals surface area contributed by atoms with Crippen LogP contribution < -0.4 is 5.32 Å². The van der Waals surface area contributed by atoms with Crippen LogP contribution in [-0.2, 0) is 36.2 Å². The highest BCUT2D eigenvalue weighted by Crippen LogP contribution is 2.28. The third-order valence-corrected chi connectivity index (χ3v) is 4.55. The number of ether oxygens (including phenoxy) is 1. The van der Waals surface area contributed by atoms with Crippen LogP contribution in [0.1, 0.15) is 29.8 Å². The van der Waals surface area contributed by atoms with Crippen LogP contribution in [0.4, 0.5) is 0 Å². The quantitative estimate of drug-likeness (QED) is 0.739. The SMILES string of the molecule is CCn1cc(CN2Cc3ncn(C)c3[C@@H](C(=O)NCCOC)C2)cn1. The lowest BCUT2D eigenvalue weighted by atomic mass is 9.97. The molecule has 8 nitrogen and oxygen atoms in total. The number of hydrogen-bond donors (Lipinski definition) is 1. The van der Waals surface area contributed by atoms with E-state index in [-0.39, 0.29) is 11.8 Å². The van der Waals surface area contributed by atoms with Gasteiger partial charge in [0.15, 0.2) is 0 Å². The van der Waals surface area contributed by atoms with Crippen LogP contribution in [0.3, 0.4) is 0 Å². The van der Waals surface area contributed by atoms with Crippen LogP contribution in [-0.4, -0.2) is 56.9 Å². The molecule has 3 heterocycles. The fourth-order valence-electron chi connectivity index (χ4n) is 3.32. The Morgan fingerprint density at radius 1 is 1.48 bits per heavy atom. The molecule has 1 atom stereocenters. The molecule has 0 saturated heterocycles. The Morgan fingerprint density at radius 3 is 3.04 bits per heavy atom. The van der Waals surface area contributed by atoms with Crippen molar-refractivity contribution in [2.24, 2.45) is 7.05 Å². The first-order valence-corrected chi connectivity index (χ1v) is 8.62. The average molecular weight is 346 g/mol. The third kappa shape index (κ3) is 3.91. The third-order valence-electron chi connectivity index (χ3n) is 4.55. The Labute approximate surface area is 147 Å². The largest absolute Gasteiger partial charge is 0.383 e. The van der Waals surface area contributed by atoms with Gasteiger partial charge in [0.2, 0.25) is 5.91 Å². The molecule has 0 unspecified atom stereocenters. The predicted octanol–water partition coefficient (Wildman–Crippen LogP) is 0.499. The molecule has 25 heavy (non-hydrogen) atoms. The Bertz CT molecular complexity index is 723. The number of nitrogens with zero attached hydrogens (tertiary/aromatic N) is 5. The fourth-order valence-corrected chi connectivity index (χ4v) is 3.32. The average Bonchev–Trinajstić information content (AvgIpc) is 3.21. The first-order chi connectivity index (χ1) is 12.1. The van der Waals surface area contributed by atoms with Gasteiger partial charge in [0, 0.05) is 58.6 Å². The van der Waals surface area contributed by atoms with Crippen molar-refractivity contribution in [3.63, 3.8) is 0 Å². The topological polar surface area (TPSA) is 77.2 Å². The van der Waals surface area contributed by atoms with Crippen molar-refractivity contribution in [2.45, 2.75) is 32.5 Å². The van der Waals surface area contributed by atoms with Gasteiger partial charge >= 0.3 is 0 Å². The normalized spacial score (nSPS) is 17.5. The van der Waals surface area contributed by atoms with Crippen molar-refractivity contribution in [1.82, 2.24) is 29.5 Å². The number of fused-ring (bicyclic) bond motifs is 1. The van der Waals surface area contributed by atoms with Crippen molar-refractivity contribution in [2.75, 3.05) is 26.8 Å². The molecule has 0 fully saturated rings. The van der Waals surface area contributed by atoms with Crippen molar-refractivity contribution >= 4 is 5.91 Å². The van der Waals surface area contributed by atoms with Gasteiger partial charge < -0.3 is 14.6 Å². The molecule has 0 saturated carbocycles. The van der Waals surface area contributed by atoms with Gasteiger partial charge in [-0.25, -0.2) is 4.98 Å². The number of amides is 1. The van der Waals surface area contributed by atoms with Crippen molar-refractivity contribution in [3.8, 4) is 0 Å². The van der Waals surface area contributed by atoms with E-state index in [4.69, 9.17) is 4.74 Å². The number of imidazole rings is 1. The van der Waals surface area contributed by atoms with Crippen LogP contribution in [0, 0.1) is 0 Å². The minimum Gasteiger partial charge on any atom is -0.383 e. The molecule has 0 aliphatic carbocycles. The second-order valence-corrected chi connectivity index (χ2v) is 6.40. The van der Waals surface area contributed by atoms with Gasteiger partial charge in [-0.1, -0.05) is 0 Å². The minimum absolute atomic E-state index is 0.0239. The number of rotatable bonds is 7. The maximum absolute atomic E-state index is 12.7. The van der Waals surface area contributed by atoms with Crippen LogP contribution in [0.15, 0.2) is 18.7 Å². The lowest BCUT2D eigenvalue weighted by Crippen LogP contribution is -2.42. The molecule has 8 heteroatoms. The van der Waals surface area contributed by atoms with E-state index < -0.39 is 0 Å². The highest BCUT2D eigenvalue weighted by Gasteiger charge is 2.33. The summed E-state index contributed by atoms with van der Waals surface area (Å²) < 4.78 is 8.90. The Balaban J connectivity index is 1.74. The smallest absolute Gasteiger partial charge is 0.230 e. The second-order valence-electron chi connectivity index (χ2n) is 6.40. The highest BCUT2D eigenvalue weighted by atomic mass is 16.5. The van der Waals surface area contributed by atoms with Gasteiger partial charge in [0.05, 0.1) is 36.4 Å². The summed E-state index contributed by atoms with van der Waals surface area (Å²) in [6.07, 6.45) is 5.74. The molecule has 1 aliphatic rings. The Kier molecular flexibility index (Phi) is 5.50. The van der Waals surface area contributed by atoms with E-state index in [2.05, 4.69) is 33.4 Å². The van der Waals surface area contributed by atoms with E-state index in [1.54, 1.807) is 13.4 Å². The summed E-state index contributed by atoms with van der Waals surface area (Å²) in [6.45, 7) is 6.13. The summed E-state index contributed by atoms with van der Waals surface area (Å²) in [4.78, 5) is 19.4. The zero-order chi connectivity index (χ0) is 17.8. The molecular formula is C17H26N6O2. The lowest BCUT2D eigenvalue weighted by Gasteiger charge is -2.32. The number of aryl methyl sites for hydroxylation is 2. The zero-order valence-corrected chi connectivity index (χ0v) is 15.1. The van der Waals surface area contributed by atoms with Gasteiger partial charge in [-0.05, 0) is 6.92 Å². The van der Waals surface area contributed by atoms with E-state index in [1.165, 1.54) is 0 Å². The fraction of sp³-hybridized carbons (Fsp3) is 0.588. The molecule has 2 aromatic rings. The number of hydrogen-bond acceptors (Lipinski definition) is 5. The standard InChI is InChI=1S/C17H26N6O2/c1-4-23-9-13(7-20-23)8-22-10-14(17(24)18-5-6-25-3)16-15(11-22)19-12-21(16)2/h7,9,12,14H,4-6,8,10-11H2,1-3H3,(H,18,24)/t14-/m0/s1. The predicted molar refractivity (Wildman–Crippen MR) is 92.8 cm³/mol. The van der Waals surface area contributed by atoms with Gasteiger partial charge in [0.25, 0.3) is 0 Å². The van der Waals surface area contributed by atoms with Crippen molar-refractivity contribution in [3.05, 3.63) is 35.7 Å². The van der Waals surface area contributed by atoms with E-state index >= 15 is 0 Å². The molecular weight excluding hydrogens is 320 g/mol. The van der Waals surface area contributed by atoms with Crippen LogP contribution in [0.25, 0.3) is 0 Å². The van der Waals surface area contributed by atoms with Crippen LogP contribution in [0.5, 0.6) is 0 Å². The van der Waals surface area contributed by atoms with Gasteiger partial charge in [0.1, 0.15) is 0 Å². The summed E-state index contributed by atoms with van der Waals surface area (Å²) in [5.41, 5.74) is 3.14. The Morgan fingerprint density at radius 2 is 2.32 bits per heavy atom. The number of methoxy groups -OCH3 is 1. The monoisotopic (exact) mass is 346 g/mol. The second kappa shape index (κ2) is 7.79. The maximum atomic E-state index is 12.7. The van der Waals surface area contributed by atoms with E-state index in [9.17, 15) is 4.79 Å². The highest BCUT2D eigenvalue weighted by molar-refractivity contribution is 5.84. The van der Waals surface area contributed by atoms with E-state index in [0.717, 1.165) is 36.6 Å². The molecule has 0 aromatic carbocycles. The number of carbonyl (C=O) groups is 1. The summed E-state index contributed by atoms with van der Waals surface area (Å²) in [5, 5.41) is 7.29. The first-order valence-electron chi connectivity index (χ1n) is 8.62. The number of aromatic nitrogens is 4. The number of carbonyl (C=O) groups excluding carboxylic acids is 1.